The van der Waals surface area contributed by atoms with E-state index in [0.29, 0.717) is 13.6 Å². The number of phenols is 1. The Labute approximate surface area is 103 Å². The van der Waals surface area contributed by atoms with E-state index >= 15 is 0 Å². The highest BCUT2D eigenvalue weighted by Crippen LogP contribution is 2.32. The Morgan fingerprint density at radius 3 is 2.77 bits per heavy atom. The van der Waals surface area contributed by atoms with Crippen molar-refractivity contribution < 1.29 is 9.90 Å². The average molecular weight is 375 g/mol. The molecule has 1 aromatic carbocycles. The lowest BCUT2D eigenvalue weighted by Gasteiger charge is -2.04. The number of halogens is 3. The summed E-state index contributed by atoms with van der Waals surface area (Å²) in [6, 6.07) is 3.30. The van der Waals surface area contributed by atoms with E-state index in [1.54, 1.807) is 12.1 Å². The molecule has 0 saturated heterocycles. The smallest absolute Gasteiger partial charge is 0.178 e. The Morgan fingerprint density at radius 2 is 2.23 bits per heavy atom. The zero-order valence-corrected chi connectivity index (χ0v) is 10.9. The molecule has 0 heterocycles. The first kappa shape index (κ1) is 11.3. The van der Waals surface area contributed by atoms with Gasteiger partial charge in [0.2, 0.25) is 0 Å². The quantitative estimate of drug-likeness (QED) is 0.490. The third-order valence-electron chi connectivity index (χ3n) is 1.49. The van der Waals surface area contributed by atoms with Crippen LogP contribution in [0.4, 0.5) is 0 Å². The first-order valence-corrected chi connectivity index (χ1v) is 5.74. The molecule has 0 fully saturated rings. The van der Waals surface area contributed by atoms with Gasteiger partial charge in [0.25, 0.3) is 0 Å². The van der Waals surface area contributed by atoms with Gasteiger partial charge in [-0.25, -0.2) is 0 Å². The third kappa shape index (κ3) is 2.35. The van der Waals surface area contributed by atoms with Crippen LogP contribution in [0, 0.1) is 3.57 Å². The maximum Gasteiger partial charge on any atom is 0.178 e. The molecule has 1 rings (SSSR count). The first-order valence-electron chi connectivity index (χ1n) is 3.34. The number of carbonyl (C=O) groups excluding carboxylic acids is 1. The molecule has 0 amide bonds. The molecule has 2 nitrogen and oxygen atoms in total. The van der Waals surface area contributed by atoms with Crippen molar-refractivity contribution in [2.45, 2.75) is 0 Å². The fraction of sp³-hybridized carbons (Fsp3) is 0.125. The summed E-state index contributed by atoms with van der Waals surface area (Å²) in [6.45, 7) is 0. The van der Waals surface area contributed by atoms with Crippen LogP contribution in [-0.2, 0) is 0 Å². The maximum atomic E-state index is 11.2. The molecule has 70 valence electrons. The van der Waals surface area contributed by atoms with E-state index in [0.717, 1.165) is 0 Å². The lowest BCUT2D eigenvalue weighted by molar-refractivity contribution is 0.102. The highest BCUT2D eigenvalue weighted by Gasteiger charge is 2.13. The molecule has 0 aromatic heterocycles. The van der Waals surface area contributed by atoms with Crippen LogP contribution in [0.3, 0.4) is 0 Å². The average Bonchev–Trinajstić information content (AvgIpc) is 2.13. The molecule has 0 spiro atoms. The van der Waals surface area contributed by atoms with Gasteiger partial charge in [0, 0.05) is 5.56 Å². The Balaban J connectivity index is 3.26. The molecule has 0 aliphatic carbocycles. The summed E-state index contributed by atoms with van der Waals surface area (Å²) in [7, 11) is 0. The predicted molar refractivity (Wildman–Crippen MR) is 63.6 cm³/mol. The molecular formula is C8H5BrClIO2. The molecule has 13 heavy (non-hydrogen) atoms. The standard InChI is InChI=1S/C8H5BrClIO2/c9-7-4(6(12)3-10)1-2-5(11)8(7)13/h1-2,13H,3H2. The molecule has 1 N–H and O–H groups in total. The van der Waals surface area contributed by atoms with Crippen LogP contribution in [0.5, 0.6) is 5.75 Å². The minimum absolute atomic E-state index is 0.0802. The largest absolute Gasteiger partial charge is 0.506 e. The zero-order chi connectivity index (χ0) is 10.0. The summed E-state index contributed by atoms with van der Waals surface area (Å²) in [5.74, 6) is -0.213. The monoisotopic (exact) mass is 374 g/mol. The van der Waals surface area contributed by atoms with Gasteiger partial charge in [-0.15, -0.1) is 11.6 Å². The normalized spacial score (nSPS) is 10.1. The van der Waals surface area contributed by atoms with Crippen LogP contribution in [0.2, 0.25) is 0 Å². The van der Waals surface area contributed by atoms with Crippen molar-refractivity contribution in [3.63, 3.8) is 0 Å². The lowest BCUT2D eigenvalue weighted by atomic mass is 10.1. The van der Waals surface area contributed by atoms with E-state index in [2.05, 4.69) is 15.9 Å². The summed E-state index contributed by atoms with van der Waals surface area (Å²) >= 11 is 10.5. The zero-order valence-electron chi connectivity index (χ0n) is 6.35. The van der Waals surface area contributed by atoms with E-state index in [1.165, 1.54) is 0 Å². The minimum Gasteiger partial charge on any atom is -0.506 e. The number of hydrogen-bond acceptors (Lipinski definition) is 2. The highest BCUT2D eigenvalue weighted by atomic mass is 127. The summed E-state index contributed by atoms with van der Waals surface area (Å²) in [5.41, 5.74) is 0.410. The second kappa shape index (κ2) is 4.61. The van der Waals surface area contributed by atoms with E-state index < -0.39 is 0 Å². The number of hydrogen-bond donors (Lipinski definition) is 1. The fourth-order valence-corrected chi connectivity index (χ4v) is 2.36. The van der Waals surface area contributed by atoms with Crippen LogP contribution in [0.15, 0.2) is 16.6 Å². The van der Waals surface area contributed by atoms with Crippen LogP contribution in [0.25, 0.3) is 0 Å². The van der Waals surface area contributed by atoms with Crippen molar-refractivity contribution >= 4 is 55.9 Å². The second-order valence-electron chi connectivity index (χ2n) is 2.31. The van der Waals surface area contributed by atoms with Crippen molar-refractivity contribution in [3.8, 4) is 5.75 Å². The van der Waals surface area contributed by atoms with Gasteiger partial charge in [-0.2, -0.15) is 0 Å². The number of alkyl halides is 1. The summed E-state index contributed by atoms with van der Waals surface area (Å²) in [6.07, 6.45) is 0. The molecule has 1 aromatic rings. The third-order valence-corrected chi connectivity index (χ3v) is 3.40. The number of benzene rings is 1. The molecule has 0 aliphatic rings. The summed E-state index contributed by atoms with van der Waals surface area (Å²) in [5, 5.41) is 9.48. The molecule has 0 atom stereocenters. The van der Waals surface area contributed by atoms with Gasteiger partial charge in [-0.3, -0.25) is 4.79 Å². The minimum atomic E-state index is -0.208. The number of phenolic OH excluding ortho intramolecular Hbond substituents is 1. The molecule has 5 heteroatoms. The SMILES string of the molecule is O=C(CCl)c1ccc(I)c(O)c1Br. The van der Waals surface area contributed by atoms with E-state index in [-0.39, 0.29) is 17.4 Å². The second-order valence-corrected chi connectivity index (χ2v) is 4.54. The van der Waals surface area contributed by atoms with Gasteiger partial charge in [0.05, 0.1) is 13.9 Å². The van der Waals surface area contributed by atoms with E-state index in [4.69, 9.17) is 11.6 Å². The van der Waals surface area contributed by atoms with Gasteiger partial charge in [0.15, 0.2) is 5.78 Å². The summed E-state index contributed by atoms with van der Waals surface area (Å²) in [4.78, 5) is 11.2. The molecule has 0 unspecified atom stereocenters. The lowest BCUT2D eigenvalue weighted by Crippen LogP contribution is -2.01. The van der Waals surface area contributed by atoms with Gasteiger partial charge in [-0.1, -0.05) is 0 Å². The van der Waals surface area contributed by atoms with Crippen LogP contribution in [0.1, 0.15) is 10.4 Å². The van der Waals surface area contributed by atoms with E-state index in [9.17, 15) is 9.90 Å². The fourth-order valence-electron chi connectivity index (χ4n) is 0.828. The topological polar surface area (TPSA) is 37.3 Å². The Bertz CT molecular complexity index is 354. The Kier molecular flexibility index (Phi) is 4.00. The molecule has 0 bridgehead atoms. The molecular weight excluding hydrogens is 370 g/mol. The van der Waals surface area contributed by atoms with Gasteiger partial charge >= 0.3 is 0 Å². The molecule has 0 radical (unpaired) electrons. The van der Waals surface area contributed by atoms with Gasteiger partial charge < -0.3 is 5.11 Å². The number of rotatable bonds is 2. The van der Waals surface area contributed by atoms with Crippen molar-refractivity contribution in [2.75, 3.05) is 5.88 Å². The number of aromatic hydroxyl groups is 1. The van der Waals surface area contributed by atoms with E-state index in [1.807, 2.05) is 22.6 Å². The highest BCUT2D eigenvalue weighted by molar-refractivity contribution is 14.1. The van der Waals surface area contributed by atoms with Crippen molar-refractivity contribution in [3.05, 3.63) is 25.7 Å². The van der Waals surface area contributed by atoms with Crippen molar-refractivity contribution in [1.82, 2.24) is 0 Å². The van der Waals surface area contributed by atoms with Crippen LogP contribution in [-0.4, -0.2) is 16.8 Å². The number of ketones is 1. The van der Waals surface area contributed by atoms with Gasteiger partial charge in [-0.05, 0) is 50.7 Å². The Morgan fingerprint density at radius 1 is 1.62 bits per heavy atom. The number of carbonyl (C=O) groups is 1. The molecule has 0 saturated carbocycles. The Hall–Kier alpha value is 0.190. The first-order chi connectivity index (χ1) is 6.07. The predicted octanol–water partition coefficient (Wildman–Crippen LogP) is 3.18. The summed E-state index contributed by atoms with van der Waals surface area (Å²) < 4.78 is 1.10. The van der Waals surface area contributed by atoms with Crippen molar-refractivity contribution in [1.29, 1.82) is 0 Å². The number of Topliss-reactive ketones (excluding diaryl/α,β-unsaturated/α-hetero) is 1. The van der Waals surface area contributed by atoms with Crippen LogP contribution < -0.4 is 0 Å². The van der Waals surface area contributed by atoms with Gasteiger partial charge in [0.1, 0.15) is 5.75 Å². The van der Waals surface area contributed by atoms with Crippen molar-refractivity contribution in [2.24, 2.45) is 0 Å². The maximum absolute atomic E-state index is 11.2. The molecule has 0 aliphatic heterocycles. The van der Waals surface area contributed by atoms with Crippen LogP contribution >= 0.6 is 50.1 Å².